The first-order valence-electron chi connectivity index (χ1n) is 8.09. The quantitative estimate of drug-likeness (QED) is 0.913. The highest BCUT2D eigenvalue weighted by Crippen LogP contribution is 2.39. The van der Waals surface area contributed by atoms with E-state index in [1.807, 2.05) is 6.07 Å². The molecule has 1 aliphatic carbocycles. The molecule has 21 heavy (non-hydrogen) atoms. The first-order chi connectivity index (χ1) is 10.2. The van der Waals surface area contributed by atoms with Gasteiger partial charge in [0.25, 0.3) is 0 Å². The number of morpholine rings is 1. The van der Waals surface area contributed by atoms with Crippen LogP contribution < -0.4 is 5.73 Å². The minimum atomic E-state index is 0.153. The molecule has 0 radical (unpaired) electrons. The van der Waals surface area contributed by atoms with Crippen molar-refractivity contribution in [2.24, 2.45) is 5.73 Å². The summed E-state index contributed by atoms with van der Waals surface area (Å²) in [5, 5.41) is 0. The lowest BCUT2D eigenvalue weighted by Gasteiger charge is -2.48. The van der Waals surface area contributed by atoms with Gasteiger partial charge in [-0.2, -0.15) is 0 Å². The van der Waals surface area contributed by atoms with Gasteiger partial charge >= 0.3 is 0 Å². The number of nitrogens with zero attached hydrogens (tertiary/aromatic N) is 1. The Labute approximate surface area is 136 Å². The first kappa shape index (κ1) is 15.8. The van der Waals surface area contributed by atoms with E-state index in [0.717, 1.165) is 23.9 Å². The zero-order chi connectivity index (χ0) is 14.8. The number of ether oxygens (including phenoxy) is 1. The summed E-state index contributed by atoms with van der Waals surface area (Å²) in [5.41, 5.74) is 6.49. The molecule has 0 spiro atoms. The Morgan fingerprint density at radius 2 is 2.24 bits per heavy atom. The van der Waals surface area contributed by atoms with Crippen LogP contribution in [0, 0.1) is 0 Å². The molecule has 2 heterocycles. The summed E-state index contributed by atoms with van der Waals surface area (Å²) < 4.78 is 6.87. The largest absolute Gasteiger partial charge is 0.375 e. The number of thiophene rings is 1. The minimum Gasteiger partial charge on any atom is -0.375 e. The Kier molecular flexibility index (Phi) is 5.23. The molecule has 3 rings (SSSR count). The highest BCUT2D eigenvalue weighted by molar-refractivity contribution is 7.16. The molecule has 2 fully saturated rings. The molecule has 0 amide bonds. The molecular formula is C16H25ClN2OS. The van der Waals surface area contributed by atoms with Crippen LogP contribution in [0.3, 0.4) is 0 Å². The van der Waals surface area contributed by atoms with Crippen molar-refractivity contribution in [1.29, 1.82) is 0 Å². The number of halogens is 1. The van der Waals surface area contributed by atoms with Crippen LogP contribution in [-0.2, 0) is 4.74 Å². The summed E-state index contributed by atoms with van der Waals surface area (Å²) in [4.78, 5) is 3.92. The van der Waals surface area contributed by atoms with Crippen LogP contribution in [0.2, 0.25) is 4.34 Å². The molecule has 0 aromatic carbocycles. The van der Waals surface area contributed by atoms with Crippen LogP contribution in [0.15, 0.2) is 12.1 Å². The highest BCUT2D eigenvalue weighted by atomic mass is 35.5. The molecule has 1 aromatic heterocycles. The summed E-state index contributed by atoms with van der Waals surface area (Å²) in [7, 11) is 0. The van der Waals surface area contributed by atoms with E-state index in [2.05, 4.69) is 17.9 Å². The molecule has 1 saturated heterocycles. The summed E-state index contributed by atoms with van der Waals surface area (Å²) in [6.07, 6.45) is 6.41. The molecular weight excluding hydrogens is 304 g/mol. The Balaban J connectivity index is 1.87. The standard InChI is InChI=1S/C16H25ClN2OS/c1-2-11(18)16(14-7-8-15(17)21-14)19-9-10-20-13-6-4-3-5-12(13)19/h7-8,11-13,16H,2-6,9-10,18H2,1H3. The summed E-state index contributed by atoms with van der Waals surface area (Å²) in [6, 6.07) is 5.11. The lowest BCUT2D eigenvalue weighted by Crippen LogP contribution is -2.56. The van der Waals surface area contributed by atoms with Crippen molar-refractivity contribution in [2.45, 2.75) is 63.3 Å². The minimum absolute atomic E-state index is 0.153. The van der Waals surface area contributed by atoms with E-state index in [9.17, 15) is 0 Å². The zero-order valence-electron chi connectivity index (χ0n) is 12.6. The van der Waals surface area contributed by atoms with Crippen LogP contribution in [0.5, 0.6) is 0 Å². The van der Waals surface area contributed by atoms with Crippen molar-refractivity contribution in [3.8, 4) is 0 Å². The maximum Gasteiger partial charge on any atom is 0.0931 e. The van der Waals surface area contributed by atoms with Gasteiger partial charge in [0.15, 0.2) is 0 Å². The summed E-state index contributed by atoms with van der Waals surface area (Å²) in [6.45, 7) is 3.98. The fourth-order valence-electron chi connectivity index (χ4n) is 3.80. The summed E-state index contributed by atoms with van der Waals surface area (Å²) in [5.74, 6) is 0. The Morgan fingerprint density at radius 1 is 1.43 bits per heavy atom. The monoisotopic (exact) mass is 328 g/mol. The molecule has 2 N–H and O–H groups in total. The third-order valence-electron chi connectivity index (χ3n) is 4.89. The molecule has 2 aliphatic rings. The van der Waals surface area contributed by atoms with Crippen LogP contribution in [-0.4, -0.2) is 36.2 Å². The first-order valence-corrected chi connectivity index (χ1v) is 9.28. The Morgan fingerprint density at radius 3 is 2.95 bits per heavy atom. The summed E-state index contributed by atoms with van der Waals surface area (Å²) >= 11 is 7.84. The van der Waals surface area contributed by atoms with Gasteiger partial charge in [0, 0.05) is 23.5 Å². The van der Waals surface area contributed by atoms with E-state index in [1.54, 1.807) is 11.3 Å². The molecule has 1 aromatic rings. The van der Waals surface area contributed by atoms with Gasteiger partial charge in [0.2, 0.25) is 0 Å². The van der Waals surface area contributed by atoms with Gasteiger partial charge in [-0.25, -0.2) is 0 Å². The van der Waals surface area contributed by atoms with Crippen LogP contribution in [0.1, 0.15) is 49.9 Å². The van der Waals surface area contributed by atoms with E-state index in [0.29, 0.717) is 12.1 Å². The fourth-order valence-corrected chi connectivity index (χ4v) is 5.06. The average Bonchev–Trinajstić information content (AvgIpc) is 2.93. The second-order valence-corrected chi connectivity index (χ2v) is 7.90. The van der Waals surface area contributed by atoms with Crippen molar-refractivity contribution in [3.63, 3.8) is 0 Å². The van der Waals surface area contributed by atoms with E-state index in [1.165, 1.54) is 30.6 Å². The topological polar surface area (TPSA) is 38.5 Å². The van der Waals surface area contributed by atoms with Crippen LogP contribution >= 0.6 is 22.9 Å². The van der Waals surface area contributed by atoms with Gasteiger partial charge in [-0.1, -0.05) is 31.4 Å². The predicted molar refractivity (Wildman–Crippen MR) is 89.0 cm³/mol. The lowest BCUT2D eigenvalue weighted by molar-refractivity contribution is -0.106. The van der Waals surface area contributed by atoms with E-state index < -0.39 is 0 Å². The van der Waals surface area contributed by atoms with E-state index in [4.69, 9.17) is 22.1 Å². The third kappa shape index (κ3) is 3.30. The molecule has 4 unspecified atom stereocenters. The number of rotatable bonds is 4. The maximum absolute atomic E-state index is 6.49. The fraction of sp³-hybridized carbons (Fsp3) is 0.750. The number of fused-ring (bicyclic) bond motifs is 1. The van der Waals surface area contributed by atoms with Gasteiger partial charge in [-0.05, 0) is 31.4 Å². The number of hydrogen-bond donors (Lipinski definition) is 1. The number of hydrogen-bond acceptors (Lipinski definition) is 4. The van der Waals surface area contributed by atoms with Crippen molar-refractivity contribution in [3.05, 3.63) is 21.3 Å². The lowest BCUT2D eigenvalue weighted by atomic mass is 9.87. The molecule has 1 saturated carbocycles. The van der Waals surface area contributed by atoms with Crippen molar-refractivity contribution >= 4 is 22.9 Å². The second kappa shape index (κ2) is 6.97. The third-order valence-corrected chi connectivity index (χ3v) is 6.20. The van der Waals surface area contributed by atoms with Crippen molar-refractivity contribution in [2.75, 3.05) is 13.2 Å². The van der Waals surface area contributed by atoms with Crippen LogP contribution in [0.4, 0.5) is 0 Å². The van der Waals surface area contributed by atoms with Gasteiger partial charge in [-0.3, -0.25) is 4.90 Å². The van der Waals surface area contributed by atoms with Gasteiger partial charge in [0.1, 0.15) is 0 Å². The highest BCUT2D eigenvalue weighted by Gasteiger charge is 2.40. The SMILES string of the molecule is CCC(N)C(c1ccc(Cl)s1)N1CCOC2CCCCC21. The molecule has 4 atom stereocenters. The second-order valence-electron chi connectivity index (χ2n) is 6.16. The average molecular weight is 329 g/mol. The smallest absolute Gasteiger partial charge is 0.0931 e. The van der Waals surface area contributed by atoms with E-state index >= 15 is 0 Å². The van der Waals surface area contributed by atoms with Gasteiger partial charge < -0.3 is 10.5 Å². The Bertz CT molecular complexity index is 465. The van der Waals surface area contributed by atoms with Crippen molar-refractivity contribution < 1.29 is 4.74 Å². The molecule has 0 bridgehead atoms. The van der Waals surface area contributed by atoms with Crippen LogP contribution in [0.25, 0.3) is 0 Å². The molecule has 3 nitrogen and oxygen atoms in total. The predicted octanol–water partition coefficient (Wildman–Crippen LogP) is 3.82. The molecule has 118 valence electrons. The normalized spacial score (nSPS) is 29.9. The molecule has 5 heteroatoms. The van der Waals surface area contributed by atoms with E-state index in [-0.39, 0.29) is 12.1 Å². The van der Waals surface area contributed by atoms with Gasteiger partial charge in [0.05, 0.1) is 23.1 Å². The van der Waals surface area contributed by atoms with Gasteiger partial charge in [-0.15, -0.1) is 11.3 Å². The maximum atomic E-state index is 6.49. The van der Waals surface area contributed by atoms with Crippen molar-refractivity contribution in [1.82, 2.24) is 4.90 Å². The number of nitrogens with two attached hydrogens (primary N) is 1. The molecule has 1 aliphatic heterocycles. The Hall–Kier alpha value is -0.130. The zero-order valence-corrected chi connectivity index (χ0v) is 14.2.